The van der Waals surface area contributed by atoms with Gasteiger partial charge in [-0.1, -0.05) is 30.7 Å². The molecule has 10 heteroatoms. The number of hydrogen-bond acceptors (Lipinski definition) is 4. The number of rotatable bonds is 6. The fourth-order valence-electron chi connectivity index (χ4n) is 5.08. The molecule has 2 unspecified atom stereocenters. The summed E-state index contributed by atoms with van der Waals surface area (Å²) in [6.07, 6.45) is -2.27. The van der Waals surface area contributed by atoms with Crippen LogP contribution in [0, 0.1) is 11.7 Å². The zero-order valence-electron chi connectivity index (χ0n) is 20.0. The second-order valence-corrected chi connectivity index (χ2v) is 10.1. The average Bonchev–Trinajstić information content (AvgIpc) is 2.81. The van der Waals surface area contributed by atoms with E-state index in [0.29, 0.717) is 54.9 Å². The molecular weight excluding hydrogens is 502 g/mol. The van der Waals surface area contributed by atoms with Crippen LogP contribution in [0.4, 0.5) is 17.6 Å². The van der Waals surface area contributed by atoms with Crippen molar-refractivity contribution < 1.29 is 36.9 Å². The van der Waals surface area contributed by atoms with Crippen LogP contribution in [0.2, 0.25) is 5.02 Å². The van der Waals surface area contributed by atoms with Gasteiger partial charge in [-0.3, -0.25) is 9.69 Å². The highest BCUT2D eigenvalue weighted by atomic mass is 35.5. The van der Waals surface area contributed by atoms with Crippen molar-refractivity contribution in [3.05, 3.63) is 57.9 Å². The van der Waals surface area contributed by atoms with E-state index in [1.807, 2.05) is 4.90 Å². The van der Waals surface area contributed by atoms with Crippen molar-refractivity contribution in [2.24, 2.45) is 5.92 Å². The van der Waals surface area contributed by atoms with Crippen molar-refractivity contribution in [3.63, 3.8) is 0 Å². The minimum atomic E-state index is -4.82. The molecule has 2 aromatic carbocycles. The lowest BCUT2D eigenvalue weighted by molar-refractivity contribution is -0.275. The molecule has 0 aliphatic carbocycles. The molecule has 1 N–H and O–H groups in total. The number of carboxylic acid groups (broad SMARTS) is 1. The van der Waals surface area contributed by atoms with Crippen LogP contribution < -0.4 is 9.47 Å². The van der Waals surface area contributed by atoms with Crippen molar-refractivity contribution in [1.29, 1.82) is 0 Å². The Labute approximate surface area is 211 Å². The van der Waals surface area contributed by atoms with Crippen LogP contribution >= 0.6 is 11.6 Å². The molecule has 0 aromatic heterocycles. The van der Waals surface area contributed by atoms with Crippen LogP contribution in [0.1, 0.15) is 55.8 Å². The van der Waals surface area contributed by atoms with E-state index in [1.54, 1.807) is 19.1 Å². The highest BCUT2D eigenvalue weighted by Crippen LogP contribution is 2.44. The fraction of sp³-hybridized carbons (Fsp3) is 0.500. The zero-order chi connectivity index (χ0) is 26.3. The van der Waals surface area contributed by atoms with Gasteiger partial charge in [-0.05, 0) is 68.4 Å². The second-order valence-electron chi connectivity index (χ2n) is 9.70. The molecule has 2 heterocycles. The van der Waals surface area contributed by atoms with Crippen molar-refractivity contribution in [2.45, 2.75) is 64.0 Å². The van der Waals surface area contributed by atoms with E-state index < -0.39 is 35.7 Å². The molecule has 0 radical (unpaired) electrons. The number of likely N-dealkylation sites (tertiary alicyclic amines) is 1. The van der Waals surface area contributed by atoms with Gasteiger partial charge in [0, 0.05) is 29.7 Å². The summed E-state index contributed by atoms with van der Waals surface area (Å²) in [5.74, 6) is -2.32. The largest absolute Gasteiger partial charge is 0.573 e. The lowest BCUT2D eigenvalue weighted by Crippen LogP contribution is -2.50. The molecule has 0 saturated carbocycles. The number of carbonyl (C=O) groups is 1. The molecule has 1 saturated heterocycles. The quantitative estimate of drug-likeness (QED) is 0.429. The molecule has 2 atom stereocenters. The maximum absolute atomic E-state index is 15.3. The number of carboxylic acids is 1. The van der Waals surface area contributed by atoms with Crippen LogP contribution in [-0.4, -0.2) is 41.0 Å². The highest BCUT2D eigenvalue weighted by Gasteiger charge is 2.42. The first-order valence-corrected chi connectivity index (χ1v) is 12.3. The van der Waals surface area contributed by atoms with E-state index in [0.717, 1.165) is 5.56 Å². The van der Waals surface area contributed by atoms with Crippen molar-refractivity contribution >= 4 is 17.6 Å². The van der Waals surface area contributed by atoms with E-state index in [-0.39, 0.29) is 17.9 Å². The number of alkyl halides is 3. The first-order chi connectivity index (χ1) is 16.9. The van der Waals surface area contributed by atoms with Crippen LogP contribution in [-0.2, 0) is 17.6 Å². The first kappa shape index (κ1) is 26.5. The summed E-state index contributed by atoms with van der Waals surface area (Å²) in [6, 6.07) is 7.10. The van der Waals surface area contributed by atoms with Gasteiger partial charge >= 0.3 is 12.3 Å². The summed E-state index contributed by atoms with van der Waals surface area (Å²) in [5.41, 5.74) is 0.827. The summed E-state index contributed by atoms with van der Waals surface area (Å²) < 4.78 is 64.6. The van der Waals surface area contributed by atoms with Gasteiger partial charge in [0.25, 0.3) is 0 Å². The molecule has 1 fully saturated rings. The van der Waals surface area contributed by atoms with Gasteiger partial charge in [0.05, 0.1) is 5.92 Å². The molecule has 2 aliphatic rings. The maximum Gasteiger partial charge on any atom is 0.573 e. The van der Waals surface area contributed by atoms with Crippen LogP contribution in [0.25, 0.3) is 0 Å². The average molecular weight is 530 g/mol. The Bertz CT molecular complexity index is 1130. The Balaban J connectivity index is 1.48. The summed E-state index contributed by atoms with van der Waals surface area (Å²) in [7, 11) is 0. The number of halogens is 5. The third kappa shape index (κ3) is 5.72. The maximum atomic E-state index is 15.3. The monoisotopic (exact) mass is 529 g/mol. The topological polar surface area (TPSA) is 59.0 Å². The Hall–Kier alpha value is -2.52. The molecule has 5 nitrogen and oxygen atoms in total. The van der Waals surface area contributed by atoms with Gasteiger partial charge in [-0.15, -0.1) is 13.2 Å². The number of fused-ring (bicyclic) bond motifs is 1. The molecular formula is C26H28ClF4NO4. The van der Waals surface area contributed by atoms with Gasteiger partial charge in [-0.2, -0.15) is 0 Å². The Morgan fingerprint density at radius 3 is 2.53 bits per heavy atom. The summed E-state index contributed by atoms with van der Waals surface area (Å²) in [4.78, 5) is 13.3. The van der Waals surface area contributed by atoms with Crippen LogP contribution in [0.5, 0.6) is 11.5 Å². The SMILES string of the molecule is CC(Cc1ccc2c(c1F)OC1(CC2)CCN(C(C)c2cc(Cl)ccc2OC(F)(F)F)CC1)C(=O)O. The fourth-order valence-corrected chi connectivity index (χ4v) is 5.26. The Morgan fingerprint density at radius 2 is 1.89 bits per heavy atom. The molecule has 196 valence electrons. The van der Waals surface area contributed by atoms with E-state index in [2.05, 4.69) is 4.74 Å². The smallest absolute Gasteiger partial charge is 0.484 e. The molecule has 4 rings (SSSR count). The highest BCUT2D eigenvalue weighted by molar-refractivity contribution is 6.30. The minimum absolute atomic E-state index is 0.0675. The van der Waals surface area contributed by atoms with Gasteiger partial charge < -0.3 is 14.6 Å². The number of benzene rings is 2. The standard InChI is InChI=1S/C26H28ClF4NO4/c1-15(24(33)34)13-18-4-3-17-7-8-25(36-23(17)22(18)28)9-11-32(12-10-25)16(2)20-14-19(27)5-6-21(20)35-26(29,30)31/h3-6,14-16H,7-13H2,1-2H3,(H,33,34). The predicted molar refractivity (Wildman–Crippen MR) is 126 cm³/mol. The summed E-state index contributed by atoms with van der Waals surface area (Å²) in [6.45, 7) is 4.41. The second kappa shape index (κ2) is 10.1. The summed E-state index contributed by atoms with van der Waals surface area (Å²) in [5, 5.41) is 9.50. The lowest BCUT2D eigenvalue weighted by Gasteiger charge is -2.46. The van der Waals surface area contributed by atoms with Gasteiger partial charge in [-0.25, -0.2) is 4.39 Å². The van der Waals surface area contributed by atoms with Crippen molar-refractivity contribution in [2.75, 3.05) is 13.1 Å². The van der Waals surface area contributed by atoms with Crippen molar-refractivity contribution in [3.8, 4) is 11.5 Å². The van der Waals surface area contributed by atoms with E-state index >= 15 is 4.39 Å². The molecule has 1 spiro atoms. The normalized spacial score (nSPS) is 19.3. The predicted octanol–water partition coefficient (Wildman–Crippen LogP) is 6.56. The third-order valence-electron chi connectivity index (χ3n) is 7.28. The number of aryl methyl sites for hydroxylation is 1. The first-order valence-electron chi connectivity index (χ1n) is 11.9. The van der Waals surface area contributed by atoms with Gasteiger partial charge in [0.15, 0.2) is 11.6 Å². The molecule has 0 amide bonds. The Kier molecular flexibility index (Phi) is 7.44. The number of aliphatic carboxylic acids is 1. The van der Waals surface area contributed by atoms with Gasteiger partial charge in [0.2, 0.25) is 0 Å². The Morgan fingerprint density at radius 1 is 1.19 bits per heavy atom. The molecule has 2 aromatic rings. The number of nitrogens with zero attached hydrogens (tertiary/aromatic N) is 1. The number of piperidine rings is 1. The molecule has 2 aliphatic heterocycles. The van der Waals surface area contributed by atoms with Crippen LogP contribution in [0.15, 0.2) is 30.3 Å². The van der Waals surface area contributed by atoms with Crippen LogP contribution in [0.3, 0.4) is 0 Å². The zero-order valence-corrected chi connectivity index (χ0v) is 20.8. The number of ether oxygens (including phenoxy) is 2. The van der Waals surface area contributed by atoms with E-state index in [4.69, 9.17) is 16.3 Å². The van der Waals surface area contributed by atoms with E-state index in [1.165, 1.54) is 25.1 Å². The number of hydrogen-bond donors (Lipinski definition) is 1. The lowest BCUT2D eigenvalue weighted by atomic mass is 9.82. The van der Waals surface area contributed by atoms with Crippen molar-refractivity contribution in [1.82, 2.24) is 4.90 Å². The van der Waals surface area contributed by atoms with Gasteiger partial charge in [0.1, 0.15) is 11.4 Å². The third-order valence-corrected chi connectivity index (χ3v) is 7.51. The van der Waals surface area contributed by atoms with E-state index in [9.17, 15) is 23.1 Å². The summed E-state index contributed by atoms with van der Waals surface area (Å²) >= 11 is 6.07. The molecule has 0 bridgehead atoms. The minimum Gasteiger partial charge on any atom is -0.484 e. The molecule has 36 heavy (non-hydrogen) atoms.